The van der Waals surface area contributed by atoms with Crippen LogP contribution in [0.2, 0.25) is 0 Å². The van der Waals surface area contributed by atoms with E-state index in [0.717, 1.165) is 41.5 Å². The Morgan fingerprint density at radius 2 is 1.26 bits per heavy atom. The first kappa shape index (κ1) is 57.1. The van der Waals surface area contributed by atoms with Crippen molar-refractivity contribution in [2.24, 2.45) is 10.8 Å². The Morgan fingerprint density at radius 1 is 0.703 bits per heavy atom. The van der Waals surface area contributed by atoms with Crippen LogP contribution in [0.1, 0.15) is 134 Å². The second-order valence-corrected chi connectivity index (χ2v) is 22.6. The number of fused-ring (bicyclic) bond motifs is 2. The SMILES string of the molecule is CN[C@@H](C)C(=O)NC(C(=O)N1C[C@@H](NC(=O)CCCN(C(=O)[C@@H]2Cc3ccccc3CN2C(=O)C(NC(=O)[C@H](C)NC)C(C)(C)C)[C@H](C)c2ccccc2F)C[C@H]1C(=O)N[C@@H]1CCCc2ccccc21)C(C)(C)C. The van der Waals surface area contributed by atoms with Gasteiger partial charge in [0, 0.05) is 44.1 Å². The third-order valence-electron chi connectivity index (χ3n) is 15.1. The summed E-state index contributed by atoms with van der Waals surface area (Å²) in [6.45, 7) is 16.4. The standard InChI is InChI=1S/C57H80FN9O7/c1-34(59-10)50(69)63-48(56(4,5)6)54(73)66-32-39-22-13-12-21-38(39)30-46(66)53(72)65(36(3)41-24-16-17-26-43(41)58)29-19-28-47(68)61-40-31-45(52(71)62-44-27-18-23-37-20-14-15-25-42(37)44)67(33-40)55(74)49(57(7,8)9)64-51(70)35(2)60-11/h12-17,20-22,24-26,34-36,40,44-46,48-49,59-60H,18-19,23,27-33H2,1-11H3,(H,61,68)(H,62,71)(H,63,69)(H,64,70)/t34-,35-,36+,40-,44+,45-,46-,48?,49?/m0/s1. The molecule has 1 fully saturated rings. The van der Waals surface area contributed by atoms with Crippen LogP contribution in [0.5, 0.6) is 0 Å². The molecule has 74 heavy (non-hydrogen) atoms. The molecule has 2 aliphatic heterocycles. The maximum atomic E-state index is 15.6. The molecule has 1 saturated heterocycles. The quantitative estimate of drug-likeness (QED) is 0.101. The first-order valence-electron chi connectivity index (χ1n) is 26.3. The summed E-state index contributed by atoms with van der Waals surface area (Å²) < 4.78 is 15.6. The molecule has 3 aliphatic rings. The van der Waals surface area contributed by atoms with Gasteiger partial charge in [-0.15, -0.1) is 0 Å². The zero-order valence-electron chi connectivity index (χ0n) is 45.3. The van der Waals surface area contributed by atoms with E-state index in [1.165, 1.54) is 20.8 Å². The topological polar surface area (TPSA) is 201 Å². The maximum absolute atomic E-state index is 15.6. The fourth-order valence-corrected chi connectivity index (χ4v) is 10.4. The number of nitrogens with one attached hydrogen (secondary N) is 6. The Morgan fingerprint density at radius 3 is 1.85 bits per heavy atom. The number of halogens is 1. The van der Waals surface area contributed by atoms with Gasteiger partial charge in [0.25, 0.3) is 0 Å². The molecule has 3 aromatic carbocycles. The van der Waals surface area contributed by atoms with E-state index >= 15 is 9.18 Å². The average molecular weight is 1020 g/mol. The zero-order valence-corrected chi connectivity index (χ0v) is 45.3. The number of likely N-dealkylation sites (tertiary alicyclic amines) is 1. The van der Waals surface area contributed by atoms with Crippen LogP contribution in [-0.2, 0) is 52.9 Å². The fourth-order valence-electron chi connectivity index (χ4n) is 10.4. The van der Waals surface area contributed by atoms with E-state index in [4.69, 9.17) is 0 Å². The number of nitrogens with zero attached hydrogens (tertiary/aromatic N) is 3. The molecule has 402 valence electrons. The molecule has 17 heteroatoms. The molecule has 16 nitrogen and oxygen atoms in total. The normalized spacial score (nSPS) is 20.6. The summed E-state index contributed by atoms with van der Waals surface area (Å²) in [7, 11) is 3.31. The highest BCUT2D eigenvalue weighted by molar-refractivity contribution is 5.95. The number of carbonyl (C=O) groups is 7. The number of rotatable bonds is 18. The van der Waals surface area contributed by atoms with Gasteiger partial charge in [-0.1, -0.05) is 108 Å². The number of carbonyl (C=O) groups excluding carboxylic acids is 7. The van der Waals surface area contributed by atoms with Gasteiger partial charge in [0.05, 0.1) is 24.2 Å². The number of hydrogen-bond acceptors (Lipinski definition) is 9. The van der Waals surface area contributed by atoms with Crippen molar-refractivity contribution in [1.29, 1.82) is 0 Å². The van der Waals surface area contributed by atoms with Crippen molar-refractivity contribution in [2.45, 2.75) is 168 Å². The Kier molecular flexibility index (Phi) is 18.8. The van der Waals surface area contributed by atoms with Gasteiger partial charge in [0.1, 0.15) is 30.0 Å². The van der Waals surface area contributed by atoms with Crippen LogP contribution in [0.4, 0.5) is 4.39 Å². The number of likely N-dealkylation sites (N-methyl/N-ethyl adjacent to an activating group) is 2. The summed E-state index contributed by atoms with van der Waals surface area (Å²) in [5.41, 5.74) is 2.73. The van der Waals surface area contributed by atoms with Gasteiger partial charge < -0.3 is 46.6 Å². The van der Waals surface area contributed by atoms with E-state index < -0.39 is 82.7 Å². The van der Waals surface area contributed by atoms with Crippen molar-refractivity contribution in [3.63, 3.8) is 0 Å². The second-order valence-electron chi connectivity index (χ2n) is 22.6. The predicted octanol–water partition coefficient (Wildman–Crippen LogP) is 5.01. The van der Waals surface area contributed by atoms with E-state index in [-0.39, 0.29) is 80.6 Å². The number of hydrogen-bond donors (Lipinski definition) is 6. The summed E-state index contributed by atoms with van der Waals surface area (Å²) in [6, 6.07) is 15.0. The van der Waals surface area contributed by atoms with Crippen LogP contribution >= 0.6 is 0 Å². The number of benzene rings is 3. The van der Waals surface area contributed by atoms with E-state index in [0.29, 0.717) is 0 Å². The van der Waals surface area contributed by atoms with Crippen LogP contribution in [0.3, 0.4) is 0 Å². The lowest BCUT2D eigenvalue weighted by Gasteiger charge is -2.43. The second kappa shape index (κ2) is 24.4. The zero-order chi connectivity index (χ0) is 54.2. The van der Waals surface area contributed by atoms with Gasteiger partial charge in [-0.3, -0.25) is 33.6 Å². The molecule has 6 rings (SSSR count). The molecule has 0 spiro atoms. The molecule has 0 saturated carbocycles. The van der Waals surface area contributed by atoms with E-state index in [9.17, 15) is 28.8 Å². The van der Waals surface area contributed by atoms with Gasteiger partial charge >= 0.3 is 0 Å². The molecule has 6 N–H and O–H groups in total. The van der Waals surface area contributed by atoms with Crippen LogP contribution in [0.25, 0.3) is 0 Å². The van der Waals surface area contributed by atoms with Gasteiger partial charge in [-0.25, -0.2) is 4.39 Å². The van der Waals surface area contributed by atoms with E-state index in [1.54, 1.807) is 53.1 Å². The minimum Gasteiger partial charge on any atom is -0.351 e. The monoisotopic (exact) mass is 1020 g/mol. The summed E-state index contributed by atoms with van der Waals surface area (Å²) in [4.78, 5) is 105. The first-order chi connectivity index (χ1) is 34.9. The number of amides is 7. The van der Waals surface area contributed by atoms with Crippen molar-refractivity contribution in [1.82, 2.24) is 46.6 Å². The molecule has 1 aliphatic carbocycles. The lowest BCUT2D eigenvalue weighted by atomic mass is 9.84. The van der Waals surface area contributed by atoms with Crippen LogP contribution in [0.15, 0.2) is 72.8 Å². The van der Waals surface area contributed by atoms with Crippen molar-refractivity contribution in [3.8, 4) is 0 Å². The number of aryl methyl sites for hydroxylation is 1. The fraction of sp³-hybridized carbons (Fsp3) is 0.561. The lowest BCUT2D eigenvalue weighted by Crippen LogP contribution is -2.62. The average Bonchev–Trinajstić information content (AvgIpc) is 3.80. The maximum Gasteiger partial charge on any atom is 0.246 e. The highest BCUT2D eigenvalue weighted by Gasteiger charge is 2.47. The third-order valence-corrected chi connectivity index (χ3v) is 15.1. The molecular formula is C57H80FN9O7. The minimum absolute atomic E-state index is 0.0137. The summed E-state index contributed by atoms with van der Waals surface area (Å²) >= 11 is 0. The molecule has 9 atom stereocenters. The smallest absolute Gasteiger partial charge is 0.246 e. The summed E-state index contributed by atoms with van der Waals surface area (Å²) in [5, 5.41) is 18.0. The van der Waals surface area contributed by atoms with Crippen LogP contribution in [0, 0.1) is 16.6 Å². The molecule has 0 radical (unpaired) electrons. The molecule has 3 aromatic rings. The molecule has 7 amide bonds. The summed E-state index contributed by atoms with van der Waals surface area (Å²) in [6.07, 6.45) is 2.91. The minimum atomic E-state index is -1.03. The van der Waals surface area contributed by atoms with Gasteiger partial charge in [0.15, 0.2) is 0 Å². The molecular weight excluding hydrogens is 942 g/mol. The summed E-state index contributed by atoms with van der Waals surface area (Å²) in [5.74, 6) is -3.27. The molecule has 0 aromatic heterocycles. The van der Waals surface area contributed by atoms with Crippen molar-refractivity contribution in [2.75, 3.05) is 27.2 Å². The highest BCUT2D eigenvalue weighted by Crippen LogP contribution is 2.34. The highest BCUT2D eigenvalue weighted by atomic mass is 19.1. The first-order valence-corrected chi connectivity index (χ1v) is 26.3. The van der Waals surface area contributed by atoms with Gasteiger partial charge in [0.2, 0.25) is 41.4 Å². The Labute approximate surface area is 437 Å². The van der Waals surface area contributed by atoms with E-state index in [1.807, 2.05) is 84.0 Å². The third kappa shape index (κ3) is 13.5. The van der Waals surface area contributed by atoms with Crippen molar-refractivity contribution < 1.29 is 38.0 Å². The largest absolute Gasteiger partial charge is 0.351 e. The molecule has 2 unspecified atom stereocenters. The molecule has 2 heterocycles. The van der Waals surface area contributed by atoms with Crippen LogP contribution < -0.4 is 31.9 Å². The van der Waals surface area contributed by atoms with Crippen LogP contribution in [-0.4, -0.2) is 126 Å². The Hall–Kier alpha value is -6.20. The van der Waals surface area contributed by atoms with Crippen molar-refractivity contribution in [3.05, 3.63) is 106 Å². The predicted molar refractivity (Wildman–Crippen MR) is 282 cm³/mol. The molecule has 0 bridgehead atoms. The Balaban J connectivity index is 1.24. The van der Waals surface area contributed by atoms with E-state index in [2.05, 4.69) is 38.0 Å². The van der Waals surface area contributed by atoms with Gasteiger partial charge in [-0.05, 0) is 106 Å². The van der Waals surface area contributed by atoms with Gasteiger partial charge in [-0.2, -0.15) is 0 Å². The van der Waals surface area contributed by atoms with Crippen molar-refractivity contribution >= 4 is 41.4 Å². The lowest BCUT2D eigenvalue weighted by molar-refractivity contribution is -0.152. The Bertz CT molecular complexity index is 2520.